The van der Waals surface area contributed by atoms with Crippen LogP contribution in [0.25, 0.3) is 0 Å². The van der Waals surface area contributed by atoms with Crippen molar-refractivity contribution in [3.8, 4) is 0 Å². The highest BCUT2D eigenvalue weighted by Gasteiger charge is 2.21. The molecular weight excluding hydrogens is 328 g/mol. The van der Waals surface area contributed by atoms with Crippen LogP contribution in [-0.2, 0) is 12.8 Å². The highest BCUT2D eigenvalue weighted by molar-refractivity contribution is 7.14. The van der Waals surface area contributed by atoms with E-state index in [9.17, 15) is 4.79 Å². The lowest BCUT2D eigenvalue weighted by molar-refractivity contribution is 0.0959. The quantitative estimate of drug-likeness (QED) is 0.633. The van der Waals surface area contributed by atoms with Crippen molar-refractivity contribution in [3.05, 3.63) is 56.2 Å². The number of hydrogen-bond acceptors (Lipinski definition) is 3. The van der Waals surface area contributed by atoms with Crippen molar-refractivity contribution in [2.45, 2.75) is 32.6 Å². The molecule has 1 atom stereocenters. The molecule has 0 fully saturated rings. The summed E-state index contributed by atoms with van der Waals surface area (Å²) in [5.41, 5.74) is 4.80. The van der Waals surface area contributed by atoms with E-state index in [4.69, 9.17) is 11.6 Å². The molecule has 3 nitrogen and oxygen atoms in total. The molecule has 1 aliphatic rings. The molecule has 0 aliphatic heterocycles. The van der Waals surface area contributed by atoms with Crippen molar-refractivity contribution in [3.63, 3.8) is 0 Å². The smallest absolute Gasteiger partial charge is 0.266 e. The van der Waals surface area contributed by atoms with Gasteiger partial charge in [-0.2, -0.15) is 5.10 Å². The molecule has 23 heavy (non-hydrogen) atoms. The normalized spacial score (nSPS) is 17.2. The minimum atomic E-state index is -0.143. The lowest BCUT2D eigenvalue weighted by Gasteiger charge is -2.19. The molecule has 0 bridgehead atoms. The number of hydrazone groups is 1. The molecule has 2 aromatic rings. The number of nitrogens with one attached hydrogen (secondary N) is 1. The summed E-state index contributed by atoms with van der Waals surface area (Å²) in [6.45, 7) is 2.24. The number of aryl methyl sites for hydroxylation is 1. The second-order valence-corrected chi connectivity index (χ2v) is 7.40. The molecule has 5 heteroatoms. The van der Waals surface area contributed by atoms with Gasteiger partial charge in [0.15, 0.2) is 0 Å². The maximum Gasteiger partial charge on any atom is 0.281 e. The number of halogens is 1. The van der Waals surface area contributed by atoms with Gasteiger partial charge in [0.25, 0.3) is 5.91 Å². The zero-order valence-corrected chi connectivity index (χ0v) is 14.6. The third-order valence-corrected chi connectivity index (χ3v) is 5.69. The van der Waals surface area contributed by atoms with Gasteiger partial charge in [-0.3, -0.25) is 4.79 Å². The average molecular weight is 347 g/mol. The minimum absolute atomic E-state index is 0.143. The molecule has 0 saturated heterocycles. The summed E-state index contributed by atoms with van der Waals surface area (Å²) >= 11 is 7.51. The summed E-state index contributed by atoms with van der Waals surface area (Å²) in [5.74, 6) is 0.615. The molecule has 1 amide bonds. The fraction of sp³-hybridized carbons (Fsp3) is 0.333. The third kappa shape index (κ3) is 4.01. The van der Waals surface area contributed by atoms with Gasteiger partial charge in [0, 0.05) is 9.90 Å². The number of benzene rings is 1. The van der Waals surface area contributed by atoms with Crippen molar-refractivity contribution < 1.29 is 4.79 Å². The van der Waals surface area contributed by atoms with Crippen molar-refractivity contribution in [1.29, 1.82) is 0 Å². The molecule has 1 aromatic carbocycles. The molecule has 1 aliphatic carbocycles. The van der Waals surface area contributed by atoms with Gasteiger partial charge in [-0.15, -0.1) is 11.3 Å². The van der Waals surface area contributed by atoms with Gasteiger partial charge in [-0.25, -0.2) is 5.43 Å². The summed E-state index contributed by atoms with van der Waals surface area (Å²) in [4.78, 5) is 14.3. The Morgan fingerprint density at radius 3 is 3.13 bits per heavy atom. The summed E-state index contributed by atoms with van der Waals surface area (Å²) in [6.07, 6.45) is 6.24. The second kappa shape index (κ2) is 7.28. The van der Waals surface area contributed by atoms with Gasteiger partial charge >= 0.3 is 0 Å². The van der Waals surface area contributed by atoms with Gasteiger partial charge in [0.05, 0.1) is 11.1 Å². The number of carbonyl (C=O) groups is 1. The van der Waals surface area contributed by atoms with Crippen LogP contribution in [0.2, 0.25) is 5.02 Å². The lowest BCUT2D eigenvalue weighted by atomic mass is 9.87. The first-order valence-corrected chi connectivity index (χ1v) is 9.05. The van der Waals surface area contributed by atoms with Crippen LogP contribution in [0, 0.1) is 5.92 Å². The molecule has 120 valence electrons. The van der Waals surface area contributed by atoms with Crippen molar-refractivity contribution >= 4 is 35.1 Å². The topological polar surface area (TPSA) is 41.5 Å². The molecule has 1 heterocycles. The molecule has 1 N–H and O–H groups in total. The van der Waals surface area contributed by atoms with Crippen LogP contribution < -0.4 is 5.43 Å². The number of rotatable bonds is 4. The van der Waals surface area contributed by atoms with Crippen molar-refractivity contribution in [2.24, 2.45) is 11.0 Å². The Morgan fingerprint density at radius 1 is 1.48 bits per heavy atom. The Balaban J connectivity index is 1.64. The number of fused-ring (bicyclic) bond motifs is 1. The van der Waals surface area contributed by atoms with Crippen LogP contribution in [0.1, 0.15) is 45.4 Å². The lowest BCUT2D eigenvalue weighted by Crippen LogP contribution is -2.16. The maximum absolute atomic E-state index is 12.2. The second-order valence-electron chi connectivity index (χ2n) is 5.83. The Labute approximate surface area is 145 Å². The molecule has 3 rings (SSSR count). The van der Waals surface area contributed by atoms with Crippen LogP contribution in [0.3, 0.4) is 0 Å². The summed E-state index contributed by atoms with van der Waals surface area (Å²) in [6, 6.07) is 9.37. The van der Waals surface area contributed by atoms with E-state index in [1.165, 1.54) is 23.3 Å². The van der Waals surface area contributed by atoms with Crippen molar-refractivity contribution in [1.82, 2.24) is 5.43 Å². The number of hydrogen-bond donors (Lipinski definition) is 1. The summed E-state index contributed by atoms with van der Waals surface area (Å²) in [5, 5.41) is 4.67. The summed E-state index contributed by atoms with van der Waals surface area (Å²) in [7, 11) is 0. The number of nitrogens with zero attached hydrogens (tertiary/aromatic N) is 1. The molecule has 0 spiro atoms. The fourth-order valence-corrected chi connectivity index (χ4v) is 4.16. The third-order valence-electron chi connectivity index (χ3n) is 4.21. The summed E-state index contributed by atoms with van der Waals surface area (Å²) < 4.78 is 0. The Bertz CT molecular complexity index is 738. The first-order chi connectivity index (χ1) is 11.2. The van der Waals surface area contributed by atoms with E-state index in [-0.39, 0.29) is 5.91 Å². The van der Waals surface area contributed by atoms with E-state index in [1.54, 1.807) is 29.7 Å². The highest BCUT2D eigenvalue weighted by Crippen LogP contribution is 2.33. The van der Waals surface area contributed by atoms with E-state index >= 15 is 0 Å². The SMILES string of the molecule is CC[C@H]1CCc2sc(C(=O)N/N=C\c3cccc(Cl)c3)cc2C1. The van der Waals surface area contributed by atoms with Crippen LogP contribution in [0.15, 0.2) is 35.4 Å². The van der Waals surface area contributed by atoms with E-state index in [0.29, 0.717) is 5.02 Å². The number of thiophene rings is 1. The number of amides is 1. The van der Waals surface area contributed by atoms with Gasteiger partial charge in [0.2, 0.25) is 0 Å². The zero-order valence-electron chi connectivity index (χ0n) is 13.0. The highest BCUT2D eigenvalue weighted by atomic mass is 35.5. The van der Waals surface area contributed by atoms with E-state index < -0.39 is 0 Å². The molecular formula is C18H19ClN2OS. The minimum Gasteiger partial charge on any atom is -0.266 e. The molecule has 0 unspecified atom stereocenters. The first-order valence-electron chi connectivity index (χ1n) is 7.86. The van der Waals surface area contributed by atoms with E-state index in [0.717, 1.165) is 29.2 Å². The van der Waals surface area contributed by atoms with Gasteiger partial charge < -0.3 is 0 Å². The molecule has 0 saturated carbocycles. The first kappa shape index (κ1) is 16.2. The molecule has 1 aromatic heterocycles. The predicted molar refractivity (Wildman–Crippen MR) is 96.6 cm³/mol. The fourth-order valence-electron chi connectivity index (χ4n) is 2.87. The van der Waals surface area contributed by atoms with Crippen LogP contribution >= 0.6 is 22.9 Å². The van der Waals surface area contributed by atoms with Crippen LogP contribution in [0.4, 0.5) is 0 Å². The predicted octanol–water partition coefficient (Wildman–Crippen LogP) is 4.68. The van der Waals surface area contributed by atoms with Crippen LogP contribution in [0.5, 0.6) is 0 Å². The monoisotopic (exact) mass is 346 g/mol. The average Bonchev–Trinajstić information content (AvgIpc) is 2.98. The Morgan fingerprint density at radius 2 is 2.35 bits per heavy atom. The standard InChI is InChI=1S/C18H19ClN2OS/c1-2-12-6-7-16-14(8-12)10-17(23-16)18(22)21-20-11-13-4-3-5-15(19)9-13/h3-5,9-12H,2,6-8H2,1H3,(H,21,22)/b20-11-/t12-/m0/s1. The van der Waals surface area contributed by atoms with Gasteiger partial charge in [-0.1, -0.05) is 37.1 Å². The zero-order chi connectivity index (χ0) is 16.2. The van der Waals surface area contributed by atoms with Crippen molar-refractivity contribution in [2.75, 3.05) is 0 Å². The van der Waals surface area contributed by atoms with Gasteiger partial charge in [0.1, 0.15) is 0 Å². The van der Waals surface area contributed by atoms with Gasteiger partial charge in [-0.05, 0) is 54.5 Å². The molecule has 0 radical (unpaired) electrons. The largest absolute Gasteiger partial charge is 0.281 e. The number of carbonyl (C=O) groups excluding carboxylic acids is 1. The maximum atomic E-state index is 12.2. The van der Waals surface area contributed by atoms with E-state index in [2.05, 4.69) is 17.5 Å². The Hall–Kier alpha value is -1.65. The Kier molecular flexibility index (Phi) is 5.13. The van der Waals surface area contributed by atoms with E-state index in [1.807, 2.05) is 18.2 Å². The van der Waals surface area contributed by atoms with Crippen LogP contribution in [-0.4, -0.2) is 12.1 Å².